The van der Waals surface area contributed by atoms with Crippen molar-refractivity contribution in [3.05, 3.63) is 35.1 Å². The van der Waals surface area contributed by atoms with Crippen molar-refractivity contribution in [2.75, 3.05) is 11.1 Å². The molecule has 100 valence electrons. The summed E-state index contributed by atoms with van der Waals surface area (Å²) in [6.07, 6.45) is 0. The van der Waals surface area contributed by atoms with Crippen molar-refractivity contribution in [3.8, 4) is 0 Å². The summed E-state index contributed by atoms with van der Waals surface area (Å²) in [6, 6.07) is 8.06. The molecule has 2 rings (SSSR count). The van der Waals surface area contributed by atoms with Crippen LogP contribution in [0, 0.1) is 0 Å². The first-order valence-corrected chi connectivity index (χ1v) is 6.27. The molecule has 0 amide bonds. The lowest BCUT2D eigenvalue weighted by atomic mass is 9.87. The highest BCUT2D eigenvalue weighted by molar-refractivity contribution is 6.28. The van der Waals surface area contributed by atoms with Gasteiger partial charge in [0.2, 0.25) is 17.2 Å². The molecule has 0 aliphatic heterocycles. The number of hydrogen-bond donors (Lipinski definition) is 2. The first kappa shape index (κ1) is 13.5. The number of rotatable bonds is 2. The molecule has 3 N–H and O–H groups in total. The monoisotopic (exact) mass is 277 g/mol. The van der Waals surface area contributed by atoms with Crippen LogP contribution in [-0.4, -0.2) is 15.0 Å². The van der Waals surface area contributed by atoms with Crippen LogP contribution in [-0.2, 0) is 5.41 Å². The number of halogens is 1. The van der Waals surface area contributed by atoms with Crippen LogP contribution in [0.1, 0.15) is 26.3 Å². The van der Waals surface area contributed by atoms with Crippen molar-refractivity contribution in [3.63, 3.8) is 0 Å². The van der Waals surface area contributed by atoms with E-state index in [2.05, 4.69) is 53.2 Å². The van der Waals surface area contributed by atoms with Crippen LogP contribution in [0.5, 0.6) is 0 Å². The second kappa shape index (κ2) is 5.01. The lowest BCUT2D eigenvalue weighted by molar-refractivity contribution is 0.590. The van der Waals surface area contributed by atoms with Crippen LogP contribution < -0.4 is 11.1 Å². The molecule has 0 saturated carbocycles. The third kappa shape index (κ3) is 3.54. The summed E-state index contributed by atoms with van der Waals surface area (Å²) in [5.74, 6) is 0.426. The van der Waals surface area contributed by atoms with Crippen LogP contribution in [0.15, 0.2) is 24.3 Å². The maximum atomic E-state index is 5.72. The van der Waals surface area contributed by atoms with E-state index in [1.807, 2.05) is 12.1 Å². The van der Waals surface area contributed by atoms with Gasteiger partial charge in [-0.2, -0.15) is 15.0 Å². The molecule has 0 fully saturated rings. The Morgan fingerprint density at radius 2 is 1.68 bits per heavy atom. The van der Waals surface area contributed by atoms with Crippen molar-refractivity contribution in [2.45, 2.75) is 26.2 Å². The molecule has 0 spiro atoms. The van der Waals surface area contributed by atoms with Crippen LogP contribution in [0.3, 0.4) is 0 Å². The summed E-state index contributed by atoms with van der Waals surface area (Å²) in [7, 11) is 0. The van der Waals surface area contributed by atoms with Gasteiger partial charge in [-0.25, -0.2) is 0 Å². The van der Waals surface area contributed by atoms with Gasteiger partial charge in [-0.1, -0.05) is 32.9 Å². The first-order chi connectivity index (χ1) is 8.84. The van der Waals surface area contributed by atoms with Gasteiger partial charge in [-0.3, -0.25) is 0 Å². The van der Waals surface area contributed by atoms with Crippen LogP contribution in [0.4, 0.5) is 17.6 Å². The predicted molar refractivity (Wildman–Crippen MR) is 77.7 cm³/mol. The molecule has 6 heteroatoms. The number of benzene rings is 1. The van der Waals surface area contributed by atoms with Gasteiger partial charge in [-0.05, 0) is 34.7 Å². The Morgan fingerprint density at radius 3 is 2.21 bits per heavy atom. The fourth-order valence-corrected chi connectivity index (χ4v) is 1.77. The summed E-state index contributed by atoms with van der Waals surface area (Å²) in [4.78, 5) is 11.6. The molecule has 5 nitrogen and oxygen atoms in total. The lowest BCUT2D eigenvalue weighted by Crippen LogP contribution is -2.10. The fraction of sp³-hybridized carbons (Fsp3) is 0.308. The van der Waals surface area contributed by atoms with E-state index in [4.69, 9.17) is 17.3 Å². The Morgan fingerprint density at radius 1 is 1.05 bits per heavy atom. The molecule has 0 atom stereocenters. The SMILES string of the molecule is CC(C)(C)c1ccc(Nc2nc(N)nc(Cl)n2)cc1. The molecule has 0 aliphatic carbocycles. The second-order valence-electron chi connectivity index (χ2n) is 5.24. The molecule has 19 heavy (non-hydrogen) atoms. The molecule has 0 unspecified atom stereocenters. The van der Waals surface area contributed by atoms with Gasteiger partial charge in [-0.15, -0.1) is 0 Å². The van der Waals surface area contributed by atoms with Crippen molar-refractivity contribution in [1.82, 2.24) is 15.0 Å². The number of anilines is 3. The maximum absolute atomic E-state index is 5.72. The summed E-state index contributed by atoms with van der Waals surface area (Å²) >= 11 is 5.72. The number of nitrogens with one attached hydrogen (secondary N) is 1. The number of nitrogens with zero attached hydrogens (tertiary/aromatic N) is 3. The quantitative estimate of drug-likeness (QED) is 0.882. The highest BCUT2D eigenvalue weighted by Crippen LogP contribution is 2.24. The van der Waals surface area contributed by atoms with Gasteiger partial charge in [0, 0.05) is 5.69 Å². The number of nitrogen functional groups attached to an aromatic ring is 1. The molecular formula is C13H16ClN5. The van der Waals surface area contributed by atoms with Crippen molar-refractivity contribution >= 4 is 29.2 Å². The van der Waals surface area contributed by atoms with Crippen LogP contribution in [0.2, 0.25) is 5.28 Å². The molecule has 1 aromatic heterocycles. The van der Waals surface area contributed by atoms with E-state index >= 15 is 0 Å². The third-order valence-electron chi connectivity index (χ3n) is 2.63. The van der Waals surface area contributed by atoms with Crippen molar-refractivity contribution in [2.24, 2.45) is 0 Å². The smallest absolute Gasteiger partial charge is 0.233 e. The Bertz CT molecular complexity index is 554. The number of aromatic nitrogens is 3. The van der Waals surface area contributed by atoms with Gasteiger partial charge >= 0.3 is 0 Å². The fourth-order valence-electron chi connectivity index (χ4n) is 1.60. The lowest BCUT2D eigenvalue weighted by Gasteiger charge is -2.19. The van der Waals surface area contributed by atoms with Gasteiger partial charge in [0.25, 0.3) is 0 Å². The highest BCUT2D eigenvalue weighted by atomic mass is 35.5. The van der Waals surface area contributed by atoms with E-state index in [0.717, 1.165) is 5.69 Å². The zero-order chi connectivity index (χ0) is 14.0. The molecular weight excluding hydrogens is 262 g/mol. The molecule has 0 aliphatic rings. The van der Waals surface area contributed by atoms with E-state index < -0.39 is 0 Å². The zero-order valence-electron chi connectivity index (χ0n) is 11.1. The third-order valence-corrected chi connectivity index (χ3v) is 2.80. The molecule has 0 radical (unpaired) electrons. The number of nitrogens with two attached hydrogens (primary N) is 1. The molecule has 0 bridgehead atoms. The van der Waals surface area contributed by atoms with Gasteiger partial charge in [0.05, 0.1) is 0 Å². The molecule has 1 aromatic carbocycles. The Balaban J connectivity index is 2.20. The predicted octanol–water partition coefficient (Wildman–Crippen LogP) is 3.15. The Kier molecular flexibility index (Phi) is 3.57. The average molecular weight is 278 g/mol. The zero-order valence-corrected chi connectivity index (χ0v) is 11.9. The van der Waals surface area contributed by atoms with Crippen LogP contribution in [0.25, 0.3) is 0 Å². The maximum Gasteiger partial charge on any atom is 0.233 e. The Hall–Kier alpha value is -1.88. The molecule has 2 aromatic rings. The largest absolute Gasteiger partial charge is 0.368 e. The standard InChI is InChI=1S/C13H16ClN5/c1-13(2,3)8-4-6-9(7-5-8)16-12-18-10(14)17-11(15)19-12/h4-7H,1-3H3,(H3,15,16,17,18,19). The van der Waals surface area contributed by atoms with E-state index in [1.54, 1.807) is 0 Å². The normalized spacial score (nSPS) is 11.4. The number of hydrogen-bond acceptors (Lipinski definition) is 5. The van der Waals surface area contributed by atoms with Gasteiger partial charge < -0.3 is 11.1 Å². The highest BCUT2D eigenvalue weighted by Gasteiger charge is 2.13. The molecule has 0 saturated heterocycles. The van der Waals surface area contributed by atoms with Crippen molar-refractivity contribution in [1.29, 1.82) is 0 Å². The summed E-state index contributed by atoms with van der Waals surface area (Å²) in [5, 5.41) is 3.11. The van der Waals surface area contributed by atoms with Crippen LogP contribution >= 0.6 is 11.6 Å². The van der Waals surface area contributed by atoms with Crippen molar-refractivity contribution < 1.29 is 0 Å². The van der Waals surface area contributed by atoms with E-state index in [9.17, 15) is 0 Å². The topological polar surface area (TPSA) is 76.7 Å². The summed E-state index contributed by atoms with van der Waals surface area (Å²) in [5.41, 5.74) is 7.76. The van der Waals surface area contributed by atoms with Gasteiger partial charge in [0.15, 0.2) is 0 Å². The molecule has 1 heterocycles. The van der Waals surface area contributed by atoms with E-state index in [-0.39, 0.29) is 16.6 Å². The van der Waals surface area contributed by atoms with E-state index in [1.165, 1.54) is 5.56 Å². The first-order valence-electron chi connectivity index (χ1n) is 5.89. The Labute approximate surface area is 117 Å². The van der Waals surface area contributed by atoms with Gasteiger partial charge in [0.1, 0.15) is 0 Å². The van der Waals surface area contributed by atoms with E-state index in [0.29, 0.717) is 5.95 Å². The summed E-state index contributed by atoms with van der Waals surface area (Å²) < 4.78 is 0. The summed E-state index contributed by atoms with van der Waals surface area (Å²) in [6.45, 7) is 6.51. The minimum Gasteiger partial charge on any atom is -0.368 e. The average Bonchev–Trinajstić information content (AvgIpc) is 2.26. The minimum atomic E-state index is 0.0707. The second-order valence-corrected chi connectivity index (χ2v) is 5.58. The minimum absolute atomic E-state index is 0.0707.